The number of para-hydroxylation sites is 2. The summed E-state index contributed by atoms with van der Waals surface area (Å²) in [6.07, 6.45) is 1.49. The first-order chi connectivity index (χ1) is 14.6. The Hall–Kier alpha value is -3.35. The van der Waals surface area contributed by atoms with Crippen LogP contribution >= 0.6 is 23.2 Å². The van der Waals surface area contributed by atoms with E-state index in [0.717, 1.165) is 10.9 Å². The highest BCUT2D eigenvalue weighted by molar-refractivity contribution is 6.36. The Morgan fingerprint density at radius 2 is 1.87 bits per heavy atom. The summed E-state index contributed by atoms with van der Waals surface area (Å²) in [5.74, 6) is 1.32. The fourth-order valence-corrected chi connectivity index (χ4v) is 3.42. The average Bonchev–Trinajstić information content (AvgIpc) is 2.74. The second kappa shape index (κ2) is 8.57. The summed E-state index contributed by atoms with van der Waals surface area (Å²) in [5, 5.41) is 16.2. The lowest BCUT2D eigenvalue weighted by Crippen LogP contribution is -2.00. The molecule has 1 heterocycles. The number of hydrogen-bond donors (Lipinski definition) is 2. The van der Waals surface area contributed by atoms with Gasteiger partial charge in [-0.1, -0.05) is 41.4 Å². The van der Waals surface area contributed by atoms with E-state index >= 15 is 0 Å². The molecule has 4 aromatic rings. The molecule has 0 bridgehead atoms. The van der Waals surface area contributed by atoms with Crippen molar-refractivity contribution in [2.75, 3.05) is 12.5 Å². The van der Waals surface area contributed by atoms with Crippen LogP contribution < -0.4 is 10.2 Å². The number of anilines is 1. The van der Waals surface area contributed by atoms with Gasteiger partial charge in [-0.25, -0.2) is 9.97 Å². The number of phenols is 1. The Kier molecular flexibility index (Phi) is 5.70. The lowest BCUT2D eigenvalue weighted by atomic mass is 10.2. The molecule has 0 atom stereocenters. The quantitative estimate of drug-likeness (QED) is 0.305. The number of aromatic hydroxyl groups is 1. The van der Waals surface area contributed by atoms with Gasteiger partial charge in [-0.3, -0.25) is 5.43 Å². The van der Waals surface area contributed by atoms with Gasteiger partial charge in [0.2, 0.25) is 0 Å². The molecule has 0 aliphatic carbocycles. The third-order valence-electron chi connectivity index (χ3n) is 4.40. The minimum absolute atomic E-state index is 0.00623. The highest BCUT2D eigenvalue weighted by atomic mass is 35.5. The van der Waals surface area contributed by atoms with E-state index in [1.807, 2.05) is 24.3 Å². The molecule has 0 radical (unpaired) electrons. The van der Waals surface area contributed by atoms with Gasteiger partial charge in [-0.2, -0.15) is 5.10 Å². The number of benzene rings is 3. The van der Waals surface area contributed by atoms with Crippen molar-refractivity contribution in [3.8, 4) is 22.9 Å². The summed E-state index contributed by atoms with van der Waals surface area (Å²) in [6, 6.07) is 17.9. The summed E-state index contributed by atoms with van der Waals surface area (Å²) < 4.78 is 5.12. The first kappa shape index (κ1) is 19.9. The number of aromatic nitrogens is 2. The van der Waals surface area contributed by atoms with Crippen LogP contribution in [0.5, 0.6) is 11.5 Å². The maximum Gasteiger partial charge on any atom is 0.166 e. The topological polar surface area (TPSA) is 79.6 Å². The molecule has 150 valence electrons. The highest BCUT2D eigenvalue weighted by Crippen LogP contribution is 2.31. The molecular weight excluding hydrogens is 423 g/mol. The molecule has 0 amide bonds. The van der Waals surface area contributed by atoms with Crippen molar-refractivity contribution in [2.45, 2.75) is 0 Å². The number of rotatable bonds is 5. The lowest BCUT2D eigenvalue weighted by molar-refractivity contribution is 0.373. The van der Waals surface area contributed by atoms with Crippen LogP contribution in [0, 0.1) is 0 Å². The molecule has 1 aromatic heterocycles. The Balaban J connectivity index is 1.73. The number of fused-ring (bicyclic) bond motifs is 1. The molecule has 0 unspecified atom stereocenters. The summed E-state index contributed by atoms with van der Waals surface area (Å²) in [4.78, 5) is 9.21. The fraction of sp³-hybridized carbons (Fsp3) is 0.0455. The normalized spacial score (nSPS) is 11.2. The van der Waals surface area contributed by atoms with Crippen LogP contribution in [0.25, 0.3) is 22.3 Å². The number of hydrazone groups is 1. The first-order valence-corrected chi connectivity index (χ1v) is 9.69. The van der Waals surface area contributed by atoms with Crippen molar-refractivity contribution < 1.29 is 9.84 Å². The summed E-state index contributed by atoms with van der Waals surface area (Å²) >= 11 is 12.3. The van der Waals surface area contributed by atoms with Crippen molar-refractivity contribution in [3.63, 3.8) is 0 Å². The summed E-state index contributed by atoms with van der Waals surface area (Å²) in [6.45, 7) is 0. The molecule has 30 heavy (non-hydrogen) atoms. The van der Waals surface area contributed by atoms with Crippen LogP contribution in [0.2, 0.25) is 10.0 Å². The van der Waals surface area contributed by atoms with E-state index < -0.39 is 0 Å². The number of ether oxygens (including phenoxy) is 1. The SMILES string of the molecule is COc1cccc(C=NNc2nc(-c3ccc(Cl)cc3Cl)nc3ccccc23)c1O. The molecule has 8 heteroatoms. The standard InChI is InChI=1S/C22H16Cl2N4O2/c1-30-19-8-4-5-13(20(19)29)12-25-28-22-16-6-2-3-7-18(16)26-21(27-22)15-10-9-14(23)11-17(15)24/h2-12,29H,1H3,(H,26,27,28). The smallest absolute Gasteiger partial charge is 0.166 e. The highest BCUT2D eigenvalue weighted by Gasteiger charge is 2.12. The van der Waals surface area contributed by atoms with Gasteiger partial charge in [-0.15, -0.1) is 0 Å². The van der Waals surface area contributed by atoms with Crippen molar-refractivity contribution in [2.24, 2.45) is 5.10 Å². The predicted octanol–water partition coefficient (Wildman–Crippen LogP) is 5.76. The molecule has 0 fully saturated rings. The van der Waals surface area contributed by atoms with Gasteiger partial charge >= 0.3 is 0 Å². The minimum atomic E-state index is 0.00623. The van der Waals surface area contributed by atoms with Gasteiger partial charge < -0.3 is 9.84 Å². The largest absolute Gasteiger partial charge is 0.504 e. The number of phenolic OH excluding ortho intramolecular Hbond substituents is 1. The van der Waals surface area contributed by atoms with Crippen molar-refractivity contribution >= 4 is 46.1 Å². The number of nitrogens with zero attached hydrogens (tertiary/aromatic N) is 3. The zero-order chi connectivity index (χ0) is 21.1. The lowest BCUT2D eigenvalue weighted by Gasteiger charge is -2.09. The third-order valence-corrected chi connectivity index (χ3v) is 4.95. The zero-order valence-electron chi connectivity index (χ0n) is 15.8. The van der Waals surface area contributed by atoms with E-state index in [2.05, 4.69) is 20.5 Å². The van der Waals surface area contributed by atoms with E-state index in [1.54, 1.807) is 36.4 Å². The number of halogens is 2. The molecule has 2 N–H and O–H groups in total. The van der Waals surface area contributed by atoms with E-state index in [-0.39, 0.29) is 5.75 Å². The Bertz CT molecular complexity index is 1260. The van der Waals surface area contributed by atoms with Gasteiger partial charge in [0.05, 0.1) is 23.9 Å². The Morgan fingerprint density at radius 3 is 2.67 bits per heavy atom. The minimum Gasteiger partial charge on any atom is -0.504 e. The molecule has 0 saturated carbocycles. The van der Waals surface area contributed by atoms with E-state index in [9.17, 15) is 5.11 Å². The van der Waals surface area contributed by atoms with Gasteiger partial charge in [0.15, 0.2) is 23.1 Å². The monoisotopic (exact) mass is 438 g/mol. The van der Waals surface area contributed by atoms with Gasteiger partial charge in [0.1, 0.15) is 0 Å². The van der Waals surface area contributed by atoms with Crippen molar-refractivity contribution in [3.05, 3.63) is 76.3 Å². The molecule has 0 aliphatic heterocycles. The molecule has 0 aliphatic rings. The second-order valence-electron chi connectivity index (χ2n) is 6.31. The number of methoxy groups -OCH3 is 1. The molecule has 3 aromatic carbocycles. The first-order valence-electron chi connectivity index (χ1n) is 8.94. The van der Waals surface area contributed by atoms with Crippen LogP contribution in [-0.4, -0.2) is 28.4 Å². The zero-order valence-corrected chi connectivity index (χ0v) is 17.3. The van der Waals surface area contributed by atoms with Crippen LogP contribution in [0.1, 0.15) is 5.56 Å². The van der Waals surface area contributed by atoms with Crippen LogP contribution in [0.3, 0.4) is 0 Å². The van der Waals surface area contributed by atoms with E-state index in [1.165, 1.54) is 13.3 Å². The second-order valence-corrected chi connectivity index (χ2v) is 7.15. The fourth-order valence-electron chi connectivity index (χ4n) is 2.92. The number of nitrogens with one attached hydrogen (secondary N) is 1. The summed E-state index contributed by atoms with van der Waals surface area (Å²) in [5.41, 5.74) is 4.83. The van der Waals surface area contributed by atoms with Crippen LogP contribution in [0.15, 0.2) is 65.8 Å². The Morgan fingerprint density at radius 1 is 1.03 bits per heavy atom. The average molecular weight is 439 g/mol. The van der Waals surface area contributed by atoms with Crippen LogP contribution in [0.4, 0.5) is 5.82 Å². The summed E-state index contributed by atoms with van der Waals surface area (Å²) in [7, 11) is 1.49. The van der Waals surface area contributed by atoms with Gasteiger partial charge in [-0.05, 0) is 42.5 Å². The van der Waals surface area contributed by atoms with E-state index in [0.29, 0.717) is 38.6 Å². The molecular formula is C22H16Cl2N4O2. The number of hydrogen-bond acceptors (Lipinski definition) is 6. The maximum atomic E-state index is 10.2. The van der Waals surface area contributed by atoms with Gasteiger partial charge in [0.25, 0.3) is 0 Å². The predicted molar refractivity (Wildman–Crippen MR) is 121 cm³/mol. The molecule has 4 rings (SSSR count). The molecule has 0 saturated heterocycles. The van der Waals surface area contributed by atoms with Crippen molar-refractivity contribution in [1.29, 1.82) is 0 Å². The van der Waals surface area contributed by atoms with Crippen molar-refractivity contribution in [1.82, 2.24) is 9.97 Å². The molecule has 6 nitrogen and oxygen atoms in total. The molecule has 0 spiro atoms. The van der Waals surface area contributed by atoms with Crippen LogP contribution in [-0.2, 0) is 0 Å². The Labute approximate surface area is 182 Å². The third kappa shape index (κ3) is 4.01. The maximum absolute atomic E-state index is 10.2. The van der Waals surface area contributed by atoms with Gasteiger partial charge in [0, 0.05) is 21.5 Å². The van der Waals surface area contributed by atoms with E-state index in [4.69, 9.17) is 27.9 Å².